The number of fused-ring (bicyclic) bond motifs is 4. The first-order valence-corrected chi connectivity index (χ1v) is 19.9. The Morgan fingerprint density at radius 1 is 0.914 bits per heavy atom. The van der Waals surface area contributed by atoms with Gasteiger partial charge < -0.3 is 33.9 Å². The fraction of sp³-hybridized carbons (Fsp3) is 0.558. The largest absolute Gasteiger partial charge is 0.488 e. The number of nitrogens with zero attached hydrogens (tertiary/aromatic N) is 2. The summed E-state index contributed by atoms with van der Waals surface area (Å²) >= 11 is 0. The van der Waals surface area contributed by atoms with Crippen LogP contribution in [0.15, 0.2) is 30.3 Å². The van der Waals surface area contributed by atoms with E-state index in [1.54, 1.807) is 58.9 Å². The maximum Gasteiger partial charge on any atom is 0.411 e. The van der Waals surface area contributed by atoms with Gasteiger partial charge >= 0.3 is 24.1 Å². The van der Waals surface area contributed by atoms with Gasteiger partial charge in [-0.15, -0.1) is 0 Å². The Bertz CT molecular complexity index is 2000. The number of likely N-dealkylation sites (tertiary alicyclic amines) is 2. The van der Waals surface area contributed by atoms with Crippen molar-refractivity contribution in [2.75, 3.05) is 20.3 Å². The van der Waals surface area contributed by atoms with Crippen LogP contribution >= 0.6 is 0 Å². The van der Waals surface area contributed by atoms with Gasteiger partial charge in [0.1, 0.15) is 36.1 Å². The summed E-state index contributed by atoms with van der Waals surface area (Å²) in [7, 11) is 1.21. The molecule has 1 N–H and O–H groups in total. The van der Waals surface area contributed by atoms with Crippen LogP contribution in [-0.4, -0.2) is 108 Å². The molecule has 3 heterocycles. The molecule has 0 bridgehead atoms. The van der Waals surface area contributed by atoms with Gasteiger partial charge in [-0.1, -0.05) is 32.9 Å². The van der Waals surface area contributed by atoms with Crippen molar-refractivity contribution in [1.29, 1.82) is 0 Å². The van der Waals surface area contributed by atoms with Gasteiger partial charge in [0.25, 0.3) is 0 Å². The lowest BCUT2D eigenvalue weighted by Gasteiger charge is -2.32. The van der Waals surface area contributed by atoms with Gasteiger partial charge in [-0.05, 0) is 107 Å². The molecule has 0 radical (unpaired) electrons. The minimum Gasteiger partial charge on any atom is -0.488 e. The van der Waals surface area contributed by atoms with Crippen LogP contribution in [0.25, 0.3) is 11.1 Å². The highest BCUT2D eigenvalue weighted by atomic mass is 16.6. The van der Waals surface area contributed by atoms with E-state index in [1.165, 1.54) is 16.9 Å². The van der Waals surface area contributed by atoms with E-state index in [0.29, 0.717) is 49.1 Å². The number of aryl methyl sites for hydroxylation is 1. The monoisotopic (exact) mass is 803 g/mol. The molecule has 3 amide bonds. The summed E-state index contributed by atoms with van der Waals surface area (Å²) in [4.78, 5) is 94.8. The Hall–Kier alpha value is -5.47. The van der Waals surface area contributed by atoms with E-state index in [1.807, 2.05) is 19.9 Å². The highest BCUT2D eigenvalue weighted by Crippen LogP contribution is 2.42. The first kappa shape index (κ1) is 42.1. The molecule has 2 fully saturated rings. The van der Waals surface area contributed by atoms with Crippen LogP contribution in [0.3, 0.4) is 0 Å². The summed E-state index contributed by atoms with van der Waals surface area (Å²) in [5, 5.41) is 2.56. The molecule has 0 aromatic heterocycles. The number of hydrogen-bond donors (Lipinski definition) is 1. The SMILES string of the molecule is COC(=O)N[C@H](C(=O)N1[C@@H](C)CC[C@H]1C(=O)OCC(=O)c1ccc2c(c1)COc1cc3c(cc1-2)CCC(OC(=O)C1C[C@H](C)CN1C(=O)OC(C)(C)C)C3=O)C(C)C. The number of ether oxygens (including phenoxy) is 5. The van der Waals surface area contributed by atoms with Crippen LogP contribution in [0.2, 0.25) is 0 Å². The van der Waals surface area contributed by atoms with E-state index >= 15 is 0 Å². The summed E-state index contributed by atoms with van der Waals surface area (Å²) in [6.45, 7) is 12.5. The summed E-state index contributed by atoms with van der Waals surface area (Å²) in [5.74, 6) is -2.27. The molecule has 15 nitrogen and oxygen atoms in total. The van der Waals surface area contributed by atoms with E-state index in [2.05, 4.69) is 10.1 Å². The predicted octanol–water partition coefficient (Wildman–Crippen LogP) is 5.42. The summed E-state index contributed by atoms with van der Waals surface area (Å²) in [5.41, 5.74) is 3.08. The highest BCUT2D eigenvalue weighted by Gasteiger charge is 2.45. The van der Waals surface area contributed by atoms with E-state index in [9.17, 15) is 33.6 Å². The molecule has 6 rings (SSSR count). The maximum absolute atomic E-state index is 13.7. The normalized spacial score (nSPS) is 22.8. The van der Waals surface area contributed by atoms with Gasteiger partial charge in [-0.2, -0.15) is 0 Å². The minimum absolute atomic E-state index is 0.0598. The van der Waals surface area contributed by atoms with Crippen molar-refractivity contribution in [3.63, 3.8) is 0 Å². The van der Waals surface area contributed by atoms with Crippen molar-refractivity contribution in [1.82, 2.24) is 15.1 Å². The van der Waals surface area contributed by atoms with Gasteiger partial charge in [0.15, 0.2) is 18.5 Å². The number of methoxy groups -OCH3 is 1. The average molecular weight is 804 g/mol. The van der Waals surface area contributed by atoms with Crippen molar-refractivity contribution in [3.05, 3.63) is 52.6 Å². The number of Topliss-reactive ketones (excluding diaryl/α,β-unsaturated/α-hetero) is 2. The molecule has 58 heavy (non-hydrogen) atoms. The molecule has 1 aliphatic carbocycles. The number of ketones is 2. The second-order valence-corrected chi connectivity index (χ2v) is 17.1. The zero-order valence-electron chi connectivity index (χ0n) is 34.4. The fourth-order valence-corrected chi connectivity index (χ4v) is 8.17. The molecule has 0 spiro atoms. The topological polar surface area (TPSA) is 184 Å². The quantitative estimate of drug-likeness (QED) is 0.193. The molecule has 2 unspecified atom stereocenters. The second kappa shape index (κ2) is 16.8. The Kier molecular flexibility index (Phi) is 12.2. The van der Waals surface area contributed by atoms with Crippen LogP contribution in [-0.2, 0) is 46.4 Å². The van der Waals surface area contributed by atoms with Crippen LogP contribution in [0.1, 0.15) is 106 Å². The van der Waals surface area contributed by atoms with Crippen molar-refractivity contribution in [2.45, 2.75) is 123 Å². The van der Waals surface area contributed by atoms with Gasteiger partial charge in [-0.25, -0.2) is 19.2 Å². The number of alkyl carbamates (subject to hydrolysis) is 1. The minimum atomic E-state index is -1.01. The third-order valence-electron chi connectivity index (χ3n) is 11.1. The Balaban J connectivity index is 1.09. The zero-order chi connectivity index (χ0) is 42.2. The van der Waals surface area contributed by atoms with Gasteiger partial charge in [0.05, 0.1) is 7.11 Å². The molecule has 0 saturated carbocycles. The number of hydrogen-bond acceptors (Lipinski definition) is 12. The summed E-state index contributed by atoms with van der Waals surface area (Å²) in [6.07, 6.45) is -0.295. The maximum atomic E-state index is 13.7. The lowest BCUT2D eigenvalue weighted by atomic mass is 9.84. The third kappa shape index (κ3) is 8.82. The van der Waals surface area contributed by atoms with Crippen molar-refractivity contribution in [2.24, 2.45) is 11.8 Å². The number of amides is 3. The van der Waals surface area contributed by atoms with E-state index < -0.39 is 72.3 Å². The molecular weight excluding hydrogens is 750 g/mol. The summed E-state index contributed by atoms with van der Waals surface area (Å²) < 4.78 is 27.5. The Morgan fingerprint density at radius 2 is 1.66 bits per heavy atom. The molecule has 6 atom stereocenters. The average Bonchev–Trinajstić information content (AvgIpc) is 3.77. The Morgan fingerprint density at radius 3 is 2.34 bits per heavy atom. The molecule has 3 aliphatic heterocycles. The smallest absolute Gasteiger partial charge is 0.411 e. The first-order valence-electron chi connectivity index (χ1n) is 19.9. The Labute approximate surface area is 338 Å². The van der Waals surface area contributed by atoms with Crippen LogP contribution < -0.4 is 10.1 Å². The number of nitrogens with one attached hydrogen (secondary N) is 1. The molecule has 15 heteroatoms. The van der Waals surface area contributed by atoms with E-state index in [-0.39, 0.29) is 36.7 Å². The number of carbonyl (C=O) groups excluding carboxylic acids is 7. The van der Waals surface area contributed by atoms with Crippen LogP contribution in [0.4, 0.5) is 9.59 Å². The fourth-order valence-electron chi connectivity index (χ4n) is 8.17. The standard InChI is InChI=1S/C43H53N3O12/c1-22(2)36(44-41(52)54-8)38(49)46-24(4)9-13-31(46)39(50)56-21-33(47)26-10-12-28-27(16-26)20-55-35-18-29-25(17-30(28)35)11-14-34(37(29)48)57-40(51)32-15-23(3)19-45(32)42(53)58-43(5,6)7/h10,12,16-18,22-24,31-32,34,36H,9,11,13-15,19-21H2,1-8H3,(H,44,52)/t23-,24-,31-,32?,34?,36-/m0/s1. The van der Waals surface area contributed by atoms with Crippen LogP contribution in [0.5, 0.6) is 5.75 Å². The molecule has 2 saturated heterocycles. The molecule has 4 aliphatic rings. The number of benzene rings is 2. The van der Waals surface area contributed by atoms with Crippen molar-refractivity contribution >= 4 is 41.6 Å². The molecule has 2 aromatic carbocycles. The van der Waals surface area contributed by atoms with Crippen LogP contribution in [0, 0.1) is 11.8 Å². The number of esters is 2. The van der Waals surface area contributed by atoms with Gasteiger partial charge in [-0.3, -0.25) is 19.3 Å². The predicted molar refractivity (Wildman–Crippen MR) is 208 cm³/mol. The van der Waals surface area contributed by atoms with Gasteiger partial charge in [0.2, 0.25) is 11.7 Å². The molecule has 2 aromatic rings. The van der Waals surface area contributed by atoms with Crippen molar-refractivity contribution < 1.29 is 57.2 Å². The lowest BCUT2D eigenvalue weighted by Crippen LogP contribution is -2.55. The number of rotatable bonds is 9. The van der Waals surface area contributed by atoms with Gasteiger partial charge in [0, 0.05) is 29.3 Å². The first-order chi connectivity index (χ1) is 27.4. The molecule has 312 valence electrons. The highest BCUT2D eigenvalue weighted by molar-refractivity contribution is 6.04. The lowest BCUT2D eigenvalue weighted by molar-refractivity contribution is -0.154. The summed E-state index contributed by atoms with van der Waals surface area (Å²) in [6, 6.07) is 5.76. The number of carbonyl (C=O) groups is 7. The second-order valence-electron chi connectivity index (χ2n) is 17.1. The van der Waals surface area contributed by atoms with E-state index in [4.69, 9.17) is 18.9 Å². The molecular formula is C43H53N3O12. The van der Waals surface area contributed by atoms with E-state index in [0.717, 1.165) is 22.3 Å². The zero-order valence-corrected chi connectivity index (χ0v) is 34.4. The van der Waals surface area contributed by atoms with Crippen molar-refractivity contribution in [3.8, 4) is 16.9 Å². The third-order valence-corrected chi connectivity index (χ3v) is 11.1.